The molecule has 1 saturated carbocycles. The van der Waals surface area contributed by atoms with Crippen LogP contribution in [0.25, 0.3) is 0 Å². The summed E-state index contributed by atoms with van der Waals surface area (Å²) in [5.74, 6) is 8.32. The molecule has 0 bridgehead atoms. The van der Waals surface area contributed by atoms with Gasteiger partial charge in [0.15, 0.2) is 0 Å². The molecule has 1 aliphatic carbocycles. The van der Waals surface area contributed by atoms with E-state index in [1.807, 2.05) is 6.07 Å². The summed E-state index contributed by atoms with van der Waals surface area (Å²) in [6, 6.07) is 1.84. The first-order valence-corrected chi connectivity index (χ1v) is 7.77. The minimum Gasteiger partial charge on any atom is -0.378 e. The highest BCUT2D eigenvalue weighted by Gasteiger charge is 2.31. The summed E-state index contributed by atoms with van der Waals surface area (Å²) in [5, 5.41) is 0. The molecule has 1 fully saturated rings. The van der Waals surface area contributed by atoms with Gasteiger partial charge >= 0.3 is 0 Å². The Balaban J connectivity index is 2.10. The summed E-state index contributed by atoms with van der Waals surface area (Å²) in [6.07, 6.45) is 4.81. The number of methoxy groups -OCH3 is 1. The van der Waals surface area contributed by atoms with E-state index in [0.717, 1.165) is 30.3 Å². The van der Waals surface area contributed by atoms with Crippen LogP contribution in [0.15, 0.2) is 6.07 Å². The standard InChI is InChI=1S/C16H28N4O/c1-16(2,3)12-7-5-11(6-8-12)15-18-13(10-21-4)9-14(19-15)20-17/h9,11-12H,5-8,10,17H2,1-4H3,(H,18,19,20). The Morgan fingerprint density at radius 2 is 1.90 bits per heavy atom. The van der Waals surface area contributed by atoms with Crippen molar-refractivity contribution in [2.45, 2.75) is 59.0 Å². The number of rotatable bonds is 4. The molecular formula is C16H28N4O. The van der Waals surface area contributed by atoms with Crippen LogP contribution >= 0.6 is 0 Å². The third-order valence-corrected chi connectivity index (χ3v) is 4.55. The van der Waals surface area contributed by atoms with Crippen molar-refractivity contribution in [2.24, 2.45) is 17.2 Å². The fourth-order valence-corrected chi connectivity index (χ4v) is 3.21. The minimum absolute atomic E-state index is 0.397. The van der Waals surface area contributed by atoms with Crippen molar-refractivity contribution in [3.63, 3.8) is 0 Å². The molecule has 0 spiro atoms. The molecule has 0 saturated heterocycles. The molecule has 1 aromatic heterocycles. The minimum atomic E-state index is 0.397. The monoisotopic (exact) mass is 292 g/mol. The molecule has 5 nitrogen and oxygen atoms in total. The van der Waals surface area contributed by atoms with Crippen molar-refractivity contribution < 1.29 is 4.74 Å². The van der Waals surface area contributed by atoms with Gasteiger partial charge in [0.25, 0.3) is 0 Å². The lowest BCUT2D eigenvalue weighted by molar-refractivity contribution is 0.166. The maximum absolute atomic E-state index is 5.51. The highest BCUT2D eigenvalue weighted by molar-refractivity contribution is 5.34. The molecule has 1 aromatic rings. The Kier molecular flexibility index (Phi) is 5.17. The van der Waals surface area contributed by atoms with Crippen LogP contribution in [-0.4, -0.2) is 17.1 Å². The number of nitrogens with zero attached hydrogens (tertiary/aromatic N) is 2. The lowest BCUT2D eigenvalue weighted by atomic mass is 9.69. The number of anilines is 1. The number of nitrogen functional groups attached to an aromatic ring is 1. The van der Waals surface area contributed by atoms with E-state index in [9.17, 15) is 0 Å². The van der Waals surface area contributed by atoms with Gasteiger partial charge < -0.3 is 10.2 Å². The van der Waals surface area contributed by atoms with Gasteiger partial charge in [0.05, 0.1) is 12.3 Å². The number of nitrogens with one attached hydrogen (secondary N) is 1. The Bertz CT molecular complexity index is 462. The van der Waals surface area contributed by atoms with Gasteiger partial charge in [0.2, 0.25) is 0 Å². The van der Waals surface area contributed by atoms with Crippen LogP contribution in [0.3, 0.4) is 0 Å². The lowest BCUT2D eigenvalue weighted by Gasteiger charge is -2.36. The van der Waals surface area contributed by atoms with Crippen LogP contribution in [0.2, 0.25) is 0 Å². The van der Waals surface area contributed by atoms with Crippen molar-refractivity contribution in [1.29, 1.82) is 0 Å². The summed E-state index contributed by atoms with van der Waals surface area (Å²) in [5.41, 5.74) is 3.91. The Labute approximate surface area is 127 Å². The quantitative estimate of drug-likeness (QED) is 0.658. The molecule has 1 heterocycles. The second-order valence-electron chi connectivity index (χ2n) is 7.09. The third-order valence-electron chi connectivity index (χ3n) is 4.55. The molecule has 1 aliphatic rings. The predicted molar refractivity (Wildman–Crippen MR) is 84.7 cm³/mol. The largest absolute Gasteiger partial charge is 0.378 e. The van der Waals surface area contributed by atoms with Gasteiger partial charge in [0, 0.05) is 19.1 Å². The second kappa shape index (κ2) is 6.71. The van der Waals surface area contributed by atoms with Gasteiger partial charge in [-0.25, -0.2) is 15.8 Å². The Morgan fingerprint density at radius 1 is 1.24 bits per heavy atom. The van der Waals surface area contributed by atoms with Crippen molar-refractivity contribution in [1.82, 2.24) is 9.97 Å². The van der Waals surface area contributed by atoms with Gasteiger partial charge in [-0.1, -0.05) is 20.8 Å². The van der Waals surface area contributed by atoms with Crippen molar-refractivity contribution in [3.05, 3.63) is 17.6 Å². The highest BCUT2D eigenvalue weighted by Crippen LogP contribution is 2.42. The zero-order valence-corrected chi connectivity index (χ0v) is 13.6. The zero-order chi connectivity index (χ0) is 15.5. The van der Waals surface area contributed by atoms with Crippen molar-refractivity contribution in [3.8, 4) is 0 Å². The van der Waals surface area contributed by atoms with E-state index in [2.05, 4.69) is 36.2 Å². The summed E-state index contributed by atoms with van der Waals surface area (Å²) in [7, 11) is 1.67. The Morgan fingerprint density at radius 3 is 2.43 bits per heavy atom. The zero-order valence-electron chi connectivity index (χ0n) is 13.6. The number of hydrogen-bond donors (Lipinski definition) is 2. The molecule has 0 atom stereocenters. The first-order chi connectivity index (χ1) is 9.94. The van der Waals surface area contributed by atoms with Crippen LogP contribution < -0.4 is 11.3 Å². The van der Waals surface area contributed by atoms with Crippen LogP contribution in [0.4, 0.5) is 5.82 Å². The molecular weight excluding hydrogens is 264 g/mol. The van der Waals surface area contributed by atoms with Crippen LogP contribution in [0.1, 0.15) is 63.9 Å². The van der Waals surface area contributed by atoms with E-state index >= 15 is 0 Å². The average Bonchev–Trinajstić information content (AvgIpc) is 2.46. The smallest absolute Gasteiger partial charge is 0.144 e. The molecule has 0 aromatic carbocycles. The van der Waals surface area contributed by atoms with Crippen LogP contribution in [0.5, 0.6) is 0 Å². The molecule has 118 valence electrons. The SMILES string of the molecule is COCc1cc(NN)nc(C2CCC(C(C)(C)C)CC2)n1. The van der Waals surface area contributed by atoms with Gasteiger partial charge in [-0.3, -0.25) is 0 Å². The summed E-state index contributed by atoms with van der Waals surface area (Å²) in [6.45, 7) is 7.50. The molecule has 0 unspecified atom stereocenters. The van der Waals surface area contributed by atoms with Crippen molar-refractivity contribution >= 4 is 5.82 Å². The van der Waals surface area contributed by atoms with Gasteiger partial charge in [-0.15, -0.1) is 0 Å². The number of aromatic nitrogens is 2. The van der Waals surface area contributed by atoms with Gasteiger partial charge in [-0.2, -0.15) is 0 Å². The summed E-state index contributed by atoms with van der Waals surface area (Å²) in [4.78, 5) is 9.19. The molecule has 0 amide bonds. The maximum Gasteiger partial charge on any atom is 0.144 e. The first-order valence-electron chi connectivity index (χ1n) is 7.77. The van der Waals surface area contributed by atoms with E-state index in [1.54, 1.807) is 7.11 Å². The highest BCUT2D eigenvalue weighted by atomic mass is 16.5. The number of ether oxygens (including phenoxy) is 1. The van der Waals surface area contributed by atoms with E-state index < -0.39 is 0 Å². The van der Waals surface area contributed by atoms with Crippen LogP contribution in [0, 0.1) is 11.3 Å². The van der Waals surface area contributed by atoms with E-state index in [4.69, 9.17) is 10.6 Å². The average molecular weight is 292 g/mol. The normalized spacial score (nSPS) is 23.1. The molecule has 2 rings (SSSR count). The van der Waals surface area contributed by atoms with E-state index in [-0.39, 0.29) is 0 Å². The summed E-state index contributed by atoms with van der Waals surface area (Å²) < 4.78 is 5.17. The topological polar surface area (TPSA) is 73.1 Å². The predicted octanol–water partition coefficient (Wildman–Crippen LogP) is 3.23. The molecule has 5 heteroatoms. The van der Waals surface area contributed by atoms with Gasteiger partial charge in [0.1, 0.15) is 11.6 Å². The third kappa shape index (κ3) is 4.14. The number of hydrogen-bond acceptors (Lipinski definition) is 5. The van der Waals surface area contributed by atoms with Gasteiger partial charge in [-0.05, 0) is 37.0 Å². The number of nitrogens with two attached hydrogens (primary N) is 1. The molecule has 0 aliphatic heterocycles. The lowest BCUT2D eigenvalue weighted by Crippen LogP contribution is -2.26. The molecule has 21 heavy (non-hydrogen) atoms. The van der Waals surface area contributed by atoms with Crippen LogP contribution in [-0.2, 0) is 11.3 Å². The number of hydrazine groups is 1. The molecule has 3 N–H and O–H groups in total. The van der Waals surface area contributed by atoms with Crippen molar-refractivity contribution in [2.75, 3.05) is 12.5 Å². The molecule has 0 radical (unpaired) electrons. The maximum atomic E-state index is 5.51. The second-order valence-corrected chi connectivity index (χ2v) is 7.09. The summed E-state index contributed by atoms with van der Waals surface area (Å²) >= 11 is 0. The van der Waals surface area contributed by atoms with E-state index in [0.29, 0.717) is 23.8 Å². The Hall–Kier alpha value is -1.20. The fraction of sp³-hybridized carbons (Fsp3) is 0.750. The fourth-order valence-electron chi connectivity index (χ4n) is 3.21. The van der Waals surface area contributed by atoms with E-state index in [1.165, 1.54) is 12.8 Å². The first kappa shape index (κ1) is 16.2.